The van der Waals surface area contributed by atoms with Gasteiger partial charge < -0.3 is 0 Å². The van der Waals surface area contributed by atoms with Crippen molar-refractivity contribution in [2.45, 2.75) is 22.1 Å². The molecule has 0 saturated carbocycles. The van der Waals surface area contributed by atoms with Crippen molar-refractivity contribution in [2.24, 2.45) is 0 Å². The van der Waals surface area contributed by atoms with Gasteiger partial charge in [-0.1, -0.05) is 0 Å². The third kappa shape index (κ3) is 6.14. The van der Waals surface area contributed by atoms with Crippen LogP contribution in [-0.4, -0.2) is 9.85 Å². The average Bonchev–Trinajstić information content (AvgIpc) is 2.57. The predicted octanol–water partition coefficient (Wildman–Crippen LogP) is 6.76. The van der Waals surface area contributed by atoms with Crippen molar-refractivity contribution in [3.63, 3.8) is 0 Å². The summed E-state index contributed by atoms with van der Waals surface area (Å²) in [5.74, 6) is 0. The second kappa shape index (κ2) is 9.09. The zero-order valence-electron chi connectivity index (χ0n) is 13.5. The quantitative estimate of drug-likeness (QED) is 0.203. The third-order valence-corrected chi connectivity index (χ3v) is 5.65. The van der Waals surface area contributed by atoms with E-state index in [0.717, 1.165) is 12.1 Å². The first-order chi connectivity index (χ1) is 12.8. The Kier molecular flexibility index (Phi) is 7.79. The monoisotopic (exact) mass is 480 g/mol. The van der Waals surface area contributed by atoms with Crippen molar-refractivity contribution in [1.82, 2.24) is 0 Å². The van der Waals surface area contributed by atoms with E-state index in [0.29, 0.717) is 45.9 Å². The van der Waals surface area contributed by atoms with Gasteiger partial charge in [-0.05, 0) is 45.9 Å². The molecule has 2 aromatic carbocycles. The summed E-state index contributed by atoms with van der Waals surface area (Å²) in [6.07, 6.45) is -9.62. The number of halogens is 7. The first-order valence-corrected chi connectivity index (χ1v) is 9.01. The number of hydrogen-bond acceptors (Lipinski definition) is 6. The van der Waals surface area contributed by atoms with E-state index in [1.807, 2.05) is 0 Å². The molecular formula is C14H7ClF6N2O4S2. The Hall–Kier alpha value is -2.19. The highest BCUT2D eigenvalue weighted by Gasteiger charge is 2.34. The molecule has 0 heterocycles. The molecule has 0 N–H and O–H groups in total. The van der Waals surface area contributed by atoms with E-state index in [1.165, 1.54) is 0 Å². The van der Waals surface area contributed by atoms with Crippen LogP contribution in [0.4, 0.5) is 37.7 Å². The molecule has 29 heavy (non-hydrogen) atoms. The number of nitro benzene ring substituents is 2. The fourth-order valence-corrected chi connectivity index (χ4v) is 4.15. The van der Waals surface area contributed by atoms with Crippen molar-refractivity contribution in [1.29, 1.82) is 0 Å². The molecule has 0 aliphatic rings. The Morgan fingerprint density at radius 1 is 0.690 bits per heavy atom. The van der Waals surface area contributed by atoms with Crippen LogP contribution < -0.4 is 0 Å². The summed E-state index contributed by atoms with van der Waals surface area (Å²) in [5.41, 5.74) is -4.29. The van der Waals surface area contributed by atoms with Gasteiger partial charge in [-0.3, -0.25) is 20.2 Å². The van der Waals surface area contributed by atoms with E-state index in [-0.39, 0.29) is 22.2 Å². The smallest absolute Gasteiger partial charge is 0.258 e. The molecule has 15 heteroatoms. The summed E-state index contributed by atoms with van der Waals surface area (Å²) in [4.78, 5) is 19.4. The van der Waals surface area contributed by atoms with Crippen LogP contribution in [0.5, 0.6) is 0 Å². The molecule has 0 aromatic heterocycles. The van der Waals surface area contributed by atoms with Crippen LogP contribution in [0.3, 0.4) is 0 Å². The van der Waals surface area contributed by atoms with Gasteiger partial charge in [0.25, 0.3) is 11.4 Å². The summed E-state index contributed by atoms with van der Waals surface area (Å²) in [5, 5.41) is 22.0. The lowest BCUT2D eigenvalue weighted by molar-refractivity contribution is -0.388. The lowest BCUT2D eigenvalue weighted by atomic mass is 10.2. The molecule has 0 amide bonds. The van der Waals surface area contributed by atoms with Gasteiger partial charge in [0.2, 0.25) is 0 Å². The van der Waals surface area contributed by atoms with E-state index >= 15 is 0 Å². The molecule has 0 fully saturated rings. The number of alkyl halides is 6. The van der Waals surface area contributed by atoms with E-state index in [4.69, 9.17) is 0 Å². The SMILES string of the molecule is Cl.O=[N+]([O-])c1cc(C(F)(F)F)ccc1SSc1ccc(C(F)(F)F)cc1[N+](=O)[O-]. The Morgan fingerprint density at radius 3 is 1.24 bits per heavy atom. The molecule has 0 bridgehead atoms. The Morgan fingerprint density at radius 2 is 1.00 bits per heavy atom. The fraction of sp³-hybridized carbons (Fsp3) is 0.143. The van der Waals surface area contributed by atoms with Gasteiger partial charge in [0.05, 0.1) is 30.8 Å². The molecule has 0 atom stereocenters. The molecule has 6 nitrogen and oxygen atoms in total. The molecule has 158 valence electrons. The van der Waals surface area contributed by atoms with Gasteiger partial charge in [0.1, 0.15) is 0 Å². The summed E-state index contributed by atoms with van der Waals surface area (Å²) in [6.45, 7) is 0. The highest BCUT2D eigenvalue weighted by atomic mass is 35.5. The molecule has 0 aliphatic heterocycles. The summed E-state index contributed by atoms with van der Waals surface area (Å²) in [7, 11) is 1.03. The Balaban J connectivity index is 0.00000420. The van der Waals surface area contributed by atoms with Crippen molar-refractivity contribution in [2.75, 3.05) is 0 Å². The van der Waals surface area contributed by atoms with Crippen LogP contribution in [-0.2, 0) is 12.4 Å². The first kappa shape index (κ1) is 24.8. The van der Waals surface area contributed by atoms with Crippen LogP contribution in [0.1, 0.15) is 11.1 Å². The van der Waals surface area contributed by atoms with Crippen molar-refractivity contribution in [3.8, 4) is 0 Å². The maximum Gasteiger partial charge on any atom is 0.416 e. The molecule has 0 unspecified atom stereocenters. The molecule has 0 aliphatic carbocycles. The zero-order chi connectivity index (χ0) is 21.3. The number of hydrogen-bond donors (Lipinski definition) is 0. The molecular weight excluding hydrogens is 474 g/mol. The van der Waals surface area contributed by atoms with Gasteiger partial charge >= 0.3 is 12.4 Å². The maximum absolute atomic E-state index is 12.7. The number of rotatable bonds is 5. The highest BCUT2D eigenvalue weighted by Crippen LogP contribution is 2.47. The van der Waals surface area contributed by atoms with Gasteiger partial charge in [0, 0.05) is 12.1 Å². The summed E-state index contributed by atoms with van der Waals surface area (Å²) >= 11 is 0. The molecule has 0 saturated heterocycles. The van der Waals surface area contributed by atoms with Crippen LogP contribution in [0.15, 0.2) is 46.2 Å². The maximum atomic E-state index is 12.7. The topological polar surface area (TPSA) is 86.3 Å². The van der Waals surface area contributed by atoms with Gasteiger partial charge in [-0.2, -0.15) is 26.3 Å². The third-order valence-electron chi connectivity index (χ3n) is 3.19. The Labute approximate surface area is 171 Å². The van der Waals surface area contributed by atoms with E-state index in [1.54, 1.807) is 0 Å². The summed E-state index contributed by atoms with van der Waals surface area (Å²) < 4.78 is 76.1. The van der Waals surface area contributed by atoms with E-state index in [9.17, 15) is 46.6 Å². The van der Waals surface area contributed by atoms with Crippen molar-refractivity contribution >= 4 is 45.4 Å². The lowest BCUT2D eigenvalue weighted by Gasteiger charge is -2.10. The van der Waals surface area contributed by atoms with Gasteiger partial charge in [-0.15, -0.1) is 12.4 Å². The van der Waals surface area contributed by atoms with Gasteiger partial charge in [-0.25, -0.2) is 0 Å². The van der Waals surface area contributed by atoms with Crippen LogP contribution in [0, 0.1) is 20.2 Å². The standard InChI is InChI=1S/C14H6F6N2O4S2.ClH/c15-13(16,17)7-1-3-11(9(5-7)21(23)24)27-28-12-4-2-8(14(18,19)20)6-10(12)22(25)26;/h1-6H;1H. The normalized spacial score (nSPS) is 11.7. The molecule has 2 rings (SSSR count). The minimum atomic E-state index is -4.81. The summed E-state index contributed by atoms with van der Waals surface area (Å²) in [6, 6.07) is 3.44. The molecule has 0 spiro atoms. The van der Waals surface area contributed by atoms with Gasteiger partial charge in [0.15, 0.2) is 0 Å². The van der Waals surface area contributed by atoms with E-state index < -0.39 is 44.7 Å². The minimum Gasteiger partial charge on any atom is -0.258 e. The highest BCUT2D eigenvalue weighted by molar-refractivity contribution is 8.76. The molecule has 2 aromatic rings. The van der Waals surface area contributed by atoms with Crippen LogP contribution in [0.2, 0.25) is 0 Å². The average molecular weight is 481 g/mol. The second-order valence-electron chi connectivity index (χ2n) is 5.04. The second-order valence-corrected chi connectivity index (χ2v) is 7.25. The number of nitro groups is 2. The number of nitrogens with zero attached hydrogens (tertiary/aromatic N) is 2. The molecule has 0 radical (unpaired) electrons. The van der Waals surface area contributed by atoms with Crippen LogP contribution in [0.25, 0.3) is 0 Å². The van der Waals surface area contributed by atoms with Crippen molar-refractivity contribution < 1.29 is 36.2 Å². The Bertz CT molecular complexity index is 864. The van der Waals surface area contributed by atoms with E-state index in [2.05, 4.69) is 0 Å². The lowest BCUT2D eigenvalue weighted by Crippen LogP contribution is -2.06. The largest absolute Gasteiger partial charge is 0.416 e. The predicted molar refractivity (Wildman–Crippen MR) is 95.2 cm³/mol. The minimum absolute atomic E-state index is 0. The first-order valence-electron chi connectivity index (χ1n) is 6.86. The van der Waals surface area contributed by atoms with Crippen molar-refractivity contribution in [3.05, 3.63) is 67.8 Å². The fourth-order valence-electron chi connectivity index (χ4n) is 1.90. The zero-order valence-corrected chi connectivity index (χ0v) is 15.9. The number of benzene rings is 2. The van der Waals surface area contributed by atoms with Crippen LogP contribution >= 0.6 is 34.0 Å².